The Labute approximate surface area is 199 Å². The molecule has 2 amide bonds. The van der Waals surface area contributed by atoms with Crippen LogP contribution in [0.3, 0.4) is 0 Å². The third-order valence-electron chi connectivity index (χ3n) is 5.07. The van der Waals surface area contributed by atoms with E-state index in [9.17, 15) is 9.59 Å². The van der Waals surface area contributed by atoms with Crippen molar-refractivity contribution >= 4 is 57.2 Å². The third kappa shape index (κ3) is 5.16. The van der Waals surface area contributed by atoms with E-state index in [-0.39, 0.29) is 12.5 Å². The van der Waals surface area contributed by atoms with Crippen LogP contribution in [0.15, 0.2) is 48.5 Å². The standard InChI is InChI=1S/C12H8ClN3OS.C11H14N2O2/c13-10-4-3-9(18-10)12-15-7-2-1-6(11(14)17)5-8(7)16-12;1-8-6-9(12)2-3-10(8)13-4-5-15-7-11(13)14/h1-5H,(H2,14,17)(H,15,16);2-3,6H,4-5,7,12H2,1H3. The minimum Gasteiger partial charge on any atom is -0.399 e. The summed E-state index contributed by atoms with van der Waals surface area (Å²) in [4.78, 5) is 33.0. The Bertz CT molecular complexity index is 1330. The van der Waals surface area contributed by atoms with Gasteiger partial charge in [-0.1, -0.05) is 11.6 Å². The zero-order chi connectivity index (χ0) is 23.5. The number of amides is 2. The van der Waals surface area contributed by atoms with Crippen LogP contribution in [0, 0.1) is 6.92 Å². The van der Waals surface area contributed by atoms with Crippen molar-refractivity contribution in [3.8, 4) is 10.7 Å². The van der Waals surface area contributed by atoms with Gasteiger partial charge in [-0.25, -0.2) is 4.98 Å². The molecule has 0 spiro atoms. The molecule has 1 fully saturated rings. The van der Waals surface area contributed by atoms with Gasteiger partial charge in [-0.3, -0.25) is 9.59 Å². The number of nitrogens with zero attached hydrogens (tertiary/aromatic N) is 2. The van der Waals surface area contributed by atoms with Gasteiger partial charge in [0, 0.05) is 23.5 Å². The molecule has 0 saturated carbocycles. The number of carbonyl (C=O) groups excluding carboxylic acids is 2. The van der Waals surface area contributed by atoms with E-state index in [4.69, 9.17) is 27.8 Å². The van der Waals surface area contributed by atoms with Gasteiger partial charge in [0.2, 0.25) is 5.91 Å². The quantitative estimate of drug-likeness (QED) is 0.380. The summed E-state index contributed by atoms with van der Waals surface area (Å²) in [6.45, 7) is 3.33. The van der Waals surface area contributed by atoms with Crippen molar-refractivity contribution in [2.24, 2.45) is 5.73 Å². The van der Waals surface area contributed by atoms with Gasteiger partial charge in [0.25, 0.3) is 5.91 Å². The number of fused-ring (bicyclic) bond motifs is 1. The molecule has 1 saturated heterocycles. The number of aryl methyl sites for hydroxylation is 1. The van der Waals surface area contributed by atoms with Crippen LogP contribution in [0.1, 0.15) is 15.9 Å². The summed E-state index contributed by atoms with van der Waals surface area (Å²) in [7, 11) is 0. The Morgan fingerprint density at radius 1 is 1.21 bits per heavy atom. The summed E-state index contributed by atoms with van der Waals surface area (Å²) in [5.74, 6) is 0.290. The lowest BCUT2D eigenvalue weighted by atomic mass is 10.1. The molecule has 5 rings (SSSR count). The first-order chi connectivity index (χ1) is 15.8. The predicted octanol–water partition coefficient (Wildman–Crippen LogP) is 3.98. The normalized spacial score (nSPS) is 13.6. The molecular weight excluding hydrogens is 462 g/mol. The number of carbonyl (C=O) groups is 2. The number of aromatic nitrogens is 2. The van der Waals surface area contributed by atoms with Crippen LogP contribution in [-0.2, 0) is 9.53 Å². The van der Waals surface area contributed by atoms with Crippen LogP contribution in [0.2, 0.25) is 4.34 Å². The van der Waals surface area contributed by atoms with Crippen LogP contribution in [0.4, 0.5) is 11.4 Å². The van der Waals surface area contributed by atoms with Gasteiger partial charge in [0.05, 0.1) is 26.9 Å². The molecule has 8 nitrogen and oxygen atoms in total. The highest BCUT2D eigenvalue weighted by Gasteiger charge is 2.21. The zero-order valence-corrected chi connectivity index (χ0v) is 19.4. The van der Waals surface area contributed by atoms with Crippen LogP contribution in [0.25, 0.3) is 21.7 Å². The molecule has 0 aliphatic carbocycles. The van der Waals surface area contributed by atoms with Crippen molar-refractivity contribution in [1.82, 2.24) is 9.97 Å². The molecule has 3 heterocycles. The van der Waals surface area contributed by atoms with E-state index in [1.165, 1.54) is 11.3 Å². The van der Waals surface area contributed by atoms with E-state index < -0.39 is 5.91 Å². The lowest BCUT2D eigenvalue weighted by Crippen LogP contribution is -2.42. The number of rotatable bonds is 3. The van der Waals surface area contributed by atoms with Gasteiger partial charge in [-0.2, -0.15) is 0 Å². The van der Waals surface area contributed by atoms with Crippen molar-refractivity contribution in [3.05, 3.63) is 64.0 Å². The molecule has 170 valence electrons. The minimum absolute atomic E-state index is 0.00845. The van der Waals surface area contributed by atoms with Gasteiger partial charge < -0.3 is 26.1 Å². The lowest BCUT2D eigenvalue weighted by Gasteiger charge is -2.28. The Kier molecular flexibility index (Phi) is 6.64. The SMILES string of the molecule is Cc1cc(N)ccc1N1CCOCC1=O.NC(=O)c1ccc2[nH]c(-c3ccc(Cl)s3)nc2c1. The Hall–Kier alpha value is -3.40. The maximum Gasteiger partial charge on any atom is 0.253 e. The van der Waals surface area contributed by atoms with Crippen molar-refractivity contribution in [3.63, 3.8) is 0 Å². The predicted molar refractivity (Wildman–Crippen MR) is 132 cm³/mol. The number of ether oxygens (including phenoxy) is 1. The van der Waals surface area contributed by atoms with Crippen LogP contribution in [0.5, 0.6) is 0 Å². The second-order valence-corrected chi connectivity index (χ2v) is 9.14. The number of halogens is 1. The zero-order valence-electron chi connectivity index (χ0n) is 17.8. The topological polar surface area (TPSA) is 127 Å². The van der Waals surface area contributed by atoms with Crippen molar-refractivity contribution < 1.29 is 14.3 Å². The number of nitrogen functional groups attached to an aromatic ring is 1. The van der Waals surface area contributed by atoms with E-state index in [0.717, 1.165) is 33.2 Å². The number of thiophene rings is 1. The molecule has 0 atom stereocenters. The summed E-state index contributed by atoms with van der Waals surface area (Å²) >= 11 is 7.34. The van der Waals surface area contributed by atoms with E-state index in [1.54, 1.807) is 23.1 Å². The minimum atomic E-state index is -0.458. The number of hydrogen-bond acceptors (Lipinski definition) is 6. The number of imidazole rings is 1. The van der Waals surface area contributed by atoms with Crippen molar-refractivity contribution in [2.45, 2.75) is 6.92 Å². The van der Waals surface area contributed by atoms with Crippen molar-refractivity contribution in [2.75, 3.05) is 30.4 Å². The van der Waals surface area contributed by atoms with Crippen molar-refractivity contribution in [1.29, 1.82) is 0 Å². The Morgan fingerprint density at radius 3 is 2.70 bits per heavy atom. The molecule has 2 aromatic carbocycles. The number of H-pyrrole nitrogens is 1. The monoisotopic (exact) mass is 483 g/mol. The van der Waals surface area contributed by atoms with E-state index >= 15 is 0 Å². The smallest absolute Gasteiger partial charge is 0.253 e. The summed E-state index contributed by atoms with van der Waals surface area (Å²) in [5.41, 5.74) is 15.6. The summed E-state index contributed by atoms with van der Waals surface area (Å²) < 4.78 is 5.79. The first kappa shape index (κ1) is 22.8. The molecule has 4 aromatic rings. The summed E-state index contributed by atoms with van der Waals surface area (Å²) in [6.07, 6.45) is 0. The second kappa shape index (κ2) is 9.62. The fraction of sp³-hybridized carbons (Fsp3) is 0.174. The highest BCUT2D eigenvalue weighted by atomic mass is 35.5. The molecule has 1 aliphatic rings. The molecular formula is C23H22ClN5O3S. The fourth-order valence-corrected chi connectivity index (χ4v) is 4.46. The number of hydrogen-bond donors (Lipinski definition) is 3. The molecule has 2 aromatic heterocycles. The summed E-state index contributed by atoms with van der Waals surface area (Å²) in [5, 5.41) is 0. The van der Waals surface area contributed by atoms with Crippen LogP contribution >= 0.6 is 22.9 Å². The molecule has 1 aliphatic heterocycles. The van der Waals surface area contributed by atoms with Crippen LogP contribution in [-0.4, -0.2) is 41.5 Å². The average Bonchev–Trinajstić information content (AvgIpc) is 3.40. The highest BCUT2D eigenvalue weighted by Crippen LogP contribution is 2.30. The number of primary amides is 1. The number of anilines is 2. The van der Waals surface area contributed by atoms with E-state index in [0.29, 0.717) is 28.6 Å². The number of nitrogens with one attached hydrogen (secondary N) is 1. The number of nitrogens with two attached hydrogens (primary N) is 2. The molecule has 0 unspecified atom stereocenters. The van der Waals surface area contributed by atoms with Gasteiger partial charge >= 0.3 is 0 Å². The van der Waals surface area contributed by atoms with Gasteiger partial charge in [-0.05, 0) is 61.0 Å². The number of aromatic amines is 1. The van der Waals surface area contributed by atoms with E-state index in [1.807, 2.05) is 37.3 Å². The molecule has 10 heteroatoms. The first-order valence-electron chi connectivity index (χ1n) is 10.1. The van der Waals surface area contributed by atoms with Gasteiger partial charge in [0.1, 0.15) is 12.4 Å². The Balaban J connectivity index is 0.000000160. The molecule has 33 heavy (non-hydrogen) atoms. The highest BCUT2D eigenvalue weighted by molar-refractivity contribution is 7.19. The van der Waals surface area contributed by atoms with Gasteiger partial charge in [0.15, 0.2) is 0 Å². The first-order valence-corrected chi connectivity index (χ1v) is 11.3. The molecule has 0 bridgehead atoms. The summed E-state index contributed by atoms with van der Waals surface area (Å²) in [6, 6.07) is 14.4. The third-order valence-corrected chi connectivity index (χ3v) is 6.31. The second-order valence-electron chi connectivity index (χ2n) is 7.43. The lowest BCUT2D eigenvalue weighted by molar-refractivity contribution is -0.125. The van der Waals surface area contributed by atoms with Crippen LogP contribution < -0.4 is 16.4 Å². The van der Waals surface area contributed by atoms with E-state index in [2.05, 4.69) is 9.97 Å². The number of morpholine rings is 1. The maximum atomic E-state index is 11.6. The molecule has 5 N–H and O–H groups in total. The largest absolute Gasteiger partial charge is 0.399 e. The van der Waals surface area contributed by atoms with Gasteiger partial charge in [-0.15, -0.1) is 11.3 Å². The fourth-order valence-electron chi connectivity index (χ4n) is 3.47. The maximum absolute atomic E-state index is 11.6. The Morgan fingerprint density at radius 2 is 2.03 bits per heavy atom. The molecule has 0 radical (unpaired) electrons. The number of benzene rings is 2. The average molecular weight is 484 g/mol.